The van der Waals surface area contributed by atoms with Gasteiger partial charge in [0, 0.05) is 58.1 Å². The lowest BCUT2D eigenvalue weighted by molar-refractivity contribution is 0.0900. The van der Waals surface area contributed by atoms with Crippen LogP contribution in [0.2, 0.25) is 61.7 Å². The molecule has 0 radical (unpaired) electrons. The molecule has 11 heteroatoms. The molecule has 0 aliphatic rings. The van der Waals surface area contributed by atoms with Crippen molar-refractivity contribution in [2.75, 3.05) is 13.2 Å². The third-order valence-corrected chi connectivity index (χ3v) is 10.3. The standard InChI is InChI=1S/C26H35Cl2FN4O2Si2/c1-36(2,3)14-12-34-16-32-11-9-19-21(29)22(31-24(27)23(19)32)20-18-8-7-10-30-26(18)33(25(20)28)17-35-13-15-37(4,5)6/h7-11H,12-17H2,1-6H3. The van der Waals surface area contributed by atoms with E-state index in [1.165, 1.54) is 0 Å². The van der Waals surface area contributed by atoms with Crippen LogP contribution in [0.4, 0.5) is 4.39 Å². The van der Waals surface area contributed by atoms with Gasteiger partial charge in [0.05, 0.1) is 5.52 Å². The molecule has 4 heterocycles. The summed E-state index contributed by atoms with van der Waals surface area (Å²) >= 11 is 13.5. The van der Waals surface area contributed by atoms with Crippen molar-refractivity contribution in [3.05, 3.63) is 46.7 Å². The van der Waals surface area contributed by atoms with E-state index in [9.17, 15) is 0 Å². The number of fused-ring (bicyclic) bond motifs is 2. The first-order valence-corrected chi connectivity index (χ1v) is 20.7. The Morgan fingerprint density at radius 2 is 1.57 bits per heavy atom. The molecule has 0 atom stereocenters. The number of hydrogen-bond donors (Lipinski definition) is 0. The molecule has 0 aliphatic heterocycles. The van der Waals surface area contributed by atoms with Crippen molar-refractivity contribution in [3.63, 3.8) is 0 Å². The fourth-order valence-corrected chi connectivity index (χ4v) is 6.17. The normalized spacial score (nSPS) is 12.8. The van der Waals surface area contributed by atoms with E-state index in [0.717, 1.165) is 12.1 Å². The maximum absolute atomic E-state index is 16.0. The average Bonchev–Trinajstić information content (AvgIpc) is 3.35. The Morgan fingerprint density at radius 1 is 0.919 bits per heavy atom. The number of nitrogens with zero attached hydrogens (tertiary/aromatic N) is 4. The zero-order valence-electron chi connectivity index (χ0n) is 22.4. The van der Waals surface area contributed by atoms with Crippen LogP contribution in [0.5, 0.6) is 0 Å². The summed E-state index contributed by atoms with van der Waals surface area (Å²) in [5, 5.41) is 1.57. The van der Waals surface area contributed by atoms with E-state index in [1.807, 2.05) is 6.07 Å². The maximum Gasteiger partial charge on any atom is 0.159 e. The highest BCUT2D eigenvalue weighted by molar-refractivity contribution is 6.76. The van der Waals surface area contributed by atoms with Gasteiger partial charge in [-0.3, -0.25) is 4.57 Å². The Hall–Kier alpha value is -1.76. The molecule has 0 aliphatic carbocycles. The summed E-state index contributed by atoms with van der Waals surface area (Å²) in [7, 11) is -2.44. The van der Waals surface area contributed by atoms with Crippen molar-refractivity contribution < 1.29 is 13.9 Å². The molecule has 0 saturated heterocycles. The molecule has 4 aromatic rings. The summed E-state index contributed by atoms with van der Waals surface area (Å²) in [6.45, 7) is 15.6. The summed E-state index contributed by atoms with van der Waals surface area (Å²) in [4.78, 5) is 8.98. The van der Waals surface area contributed by atoms with Gasteiger partial charge in [-0.15, -0.1) is 0 Å². The highest BCUT2D eigenvalue weighted by Gasteiger charge is 2.25. The summed E-state index contributed by atoms with van der Waals surface area (Å²) in [6.07, 6.45) is 3.46. The molecule has 0 aromatic carbocycles. The molecule has 0 bridgehead atoms. The van der Waals surface area contributed by atoms with E-state index in [2.05, 4.69) is 49.3 Å². The fraction of sp³-hybridized carbons (Fsp3) is 0.462. The summed E-state index contributed by atoms with van der Waals surface area (Å²) in [6, 6.07) is 7.44. The molecule has 0 amide bonds. The lowest BCUT2D eigenvalue weighted by Gasteiger charge is -2.16. The minimum atomic E-state index is -1.23. The number of aromatic nitrogens is 4. The van der Waals surface area contributed by atoms with Gasteiger partial charge in [0.15, 0.2) is 11.0 Å². The van der Waals surface area contributed by atoms with E-state index in [1.54, 1.807) is 33.7 Å². The van der Waals surface area contributed by atoms with E-state index < -0.39 is 22.0 Å². The molecule has 0 spiro atoms. The quantitative estimate of drug-likeness (QED) is 0.102. The molecule has 0 fully saturated rings. The van der Waals surface area contributed by atoms with Crippen LogP contribution in [0.25, 0.3) is 33.2 Å². The van der Waals surface area contributed by atoms with Gasteiger partial charge < -0.3 is 14.0 Å². The van der Waals surface area contributed by atoms with Crippen molar-refractivity contribution in [1.82, 2.24) is 19.1 Å². The van der Waals surface area contributed by atoms with E-state index in [0.29, 0.717) is 45.9 Å². The van der Waals surface area contributed by atoms with E-state index in [-0.39, 0.29) is 24.3 Å². The molecule has 6 nitrogen and oxygen atoms in total. The highest BCUT2D eigenvalue weighted by Crippen LogP contribution is 2.40. The van der Waals surface area contributed by atoms with Crippen LogP contribution in [0, 0.1) is 5.82 Å². The average molecular weight is 582 g/mol. The topological polar surface area (TPSA) is 54.1 Å². The van der Waals surface area contributed by atoms with Gasteiger partial charge >= 0.3 is 0 Å². The second-order valence-corrected chi connectivity index (χ2v) is 23.7. The second-order valence-electron chi connectivity index (χ2n) is 11.8. The van der Waals surface area contributed by atoms with E-state index >= 15 is 4.39 Å². The van der Waals surface area contributed by atoms with Crippen molar-refractivity contribution in [3.8, 4) is 11.3 Å². The predicted molar refractivity (Wildman–Crippen MR) is 157 cm³/mol. The number of hydrogen-bond acceptors (Lipinski definition) is 4. The van der Waals surface area contributed by atoms with Crippen LogP contribution in [0.15, 0.2) is 30.6 Å². The number of halogens is 3. The van der Waals surface area contributed by atoms with Gasteiger partial charge in [-0.2, -0.15) is 0 Å². The van der Waals surface area contributed by atoms with Gasteiger partial charge in [0.1, 0.15) is 30.0 Å². The second kappa shape index (κ2) is 11.2. The Balaban J connectivity index is 1.68. The first-order valence-electron chi connectivity index (χ1n) is 12.5. The lowest BCUT2D eigenvalue weighted by Crippen LogP contribution is -2.22. The zero-order chi connectivity index (χ0) is 27.0. The van der Waals surface area contributed by atoms with Crippen LogP contribution in [0.1, 0.15) is 0 Å². The van der Waals surface area contributed by atoms with Gasteiger partial charge in [-0.1, -0.05) is 62.5 Å². The lowest BCUT2D eigenvalue weighted by atomic mass is 10.1. The van der Waals surface area contributed by atoms with Crippen LogP contribution in [0.3, 0.4) is 0 Å². The van der Waals surface area contributed by atoms with Gasteiger partial charge in [-0.05, 0) is 30.3 Å². The Bertz CT molecular complexity index is 1410. The van der Waals surface area contributed by atoms with E-state index in [4.69, 9.17) is 32.7 Å². The van der Waals surface area contributed by atoms with Crippen LogP contribution >= 0.6 is 23.2 Å². The smallest absolute Gasteiger partial charge is 0.159 e. The van der Waals surface area contributed by atoms with Crippen molar-refractivity contribution in [2.45, 2.75) is 64.8 Å². The molecule has 200 valence electrons. The maximum atomic E-state index is 16.0. The molecule has 0 saturated carbocycles. The largest absolute Gasteiger partial charge is 0.361 e. The number of ether oxygens (including phenoxy) is 2. The zero-order valence-corrected chi connectivity index (χ0v) is 25.9. The molecule has 4 aromatic heterocycles. The Morgan fingerprint density at radius 3 is 2.22 bits per heavy atom. The molecule has 0 unspecified atom stereocenters. The molecule has 0 N–H and O–H groups in total. The van der Waals surface area contributed by atoms with Crippen LogP contribution in [-0.4, -0.2) is 48.5 Å². The van der Waals surface area contributed by atoms with Gasteiger partial charge in [-0.25, -0.2) is 14.4 Å². The molecule has 37 heavy (non-hydrogen) atoms. The molecule has 4 rings (SSSR count). The molecular formula is C26H35Cl2FN4O2Si2. The van der Waals surface area contributed by atoms with Gasteiger partial charge in [0.2, 0.25) is 0 Å². The minimum Gasteiger partial charge on any atom is -0.361 e. The molecular weight excluding hydrogens is 546 g/mol. The van der Waals surface area contributed by atoms with Crippen LogP contribution < -0.4 is 0 Å². The summed E-state index contributed by atoms with van der Waals surface area (Å²) in [5.74, 6) is -0.482. The van der Waals surface area contributed by atoms with Crippen molar-refractivity contribution in [1.29, 1.82) is 0 Å². The summed E-state index contributed by atoms with van der Waals surface area (Å²) in [5.41, 5.74) is 1.67. The number of pyridine rings is 2. The predicted octanol–water partition coefficient (Wildman–Crippen LogP) is 8.12. The Labute approximate surface area is 229 Å². The number of rotatable bonds is 11. The third-order valence-electron chi connectivity index (χ3n) is 6.25. The monoisotopic (exact) mass is 580 g/mol. The van der Waals surface area contributed by atoms with Crippen molar-refractivity contribution >= 4 is 61.3 Å². The first kappa shape index (κ1) is 28.3. The third kappa shape index (κ3) is 6.46. The fourth-order valence-electron chi connectivity index (χ4n) is 4.05. The minimum absolute atomic E-state index is 0.0961. The van der Waals surface area contributed by atoms with Crippen LogP contribution in [-0.2, 0) is 22.9 Å². The summed E-state index contributed by atoms with van der Waals surface area (Å²) < 4.78 is 31.3. The Kier molecular flexibility index (Phi) is 8.52. The van der Waals surface area contributed by atoms with Crippen molar-refractivity contribution in [2.24, 2.45) is 0 Å². The first-order chi connectivity index (χ1) is 17.4. The van der Waals surface area contributed by atoms with Gasteiger partial charge in [0.25, 0.3) is 0 Å². The highest BCUT2D eigenvalue weighted by atomic mass is 35.5. The SMILES string of the molecule is C[Si](C)(C)CCOCn1ccc2c(F)c(-c3c(Cl)n(COCC[Si](C)(C)C)c4ncccc34)nc(Cl)c21.